The number of nitrogens with zero attached hydrogens (tertiary/aromatic N) is 3. The number of amides is 1. The van der Waals surface area contributed by atoms with Crippen LogP contribution in [0.4, 0.5) is 0 Å². The molecular formula is C19H23N5O2S. The van der Waals surface area contributed by atoms with Gasteiger partial charge in [0.25, 0.3) is 0 Å². The molecule has 0 bridgehead atoms. The molecule has 1 saturated heterocycles. The number of rotatable bonds is 7. The van der Waals surface area contributed by atoms with Crippen molar-refractivity contribution in [3.05, 3.63) is 30.5 Å². The fourth-order valence-electron chi connectivity index (χ4n) is 3.39. The standard InChI is InChI=1S/C19H23N5O2S/c1-2-20-17(25)12-27-19-23-22-18(24(19)11-13-6-5-9-26-13)15-10-21-16-8-4-3-7-14(15)16/h3-4,7-8,10,13,21H,2,5-6,9,11-12H2,1H3,(H,20,25). The van der Waals surface area contributed by atoms with Gasteiger partial charge in [0, 0.05) is 35.8 Å². The summed E-state index contributed by atoms with van der Waals surface area (Å²) in [4.78, 5) is 15.2. The summed E-state index contributed by atoms with van der Waals surface area (Å²) in [5, 5.41) is 13.5. The summed E-state index contributed by atoms with van der Waals surface area (Å²) >= 11 is 1.41. The van der Waals surface area contributed by atoms with Gasteiger partial charge in [-0.3, -0.25) is 9.36 Å². The minimum Gasteiger partial charge on any atom is -0.376 e. The monoisotopic (exact) mass is 385 g/mol. The summed E-state index contributed by atoms with van der Waals surface area (Å²) in [6.07, 6.45) is 4.25. The Morgan fingerprint density at radius 2 is 2.30 bits per heavy atom. The lowest BCUT2D eigenvalue weighted by atomic mass is 10.1. The number of aromatic nitrogens is 4. The van der Waals surface area contributed by atoms with E-state index in [2.05, 4.69) is 31.1 Å². The second-order valence-corrected chi connectivity index (χ2v) is 7.48. The van der Waals surface area contributed by atoms with Gasteiger partial charge in [-0.25, -0.2) is 0 Å². The molecule has 1 fully saturated rings. The summed E-state index contributed by atoms with van der Waals surface area (Å²) in [6.45, 7) is 4.04. The van der Waals surface area contributed by atoms with E-state index in [0.717, 1.165) is 46.9 Å². The highest BCUT2D eigenvalue weighted by Crippen LogP contribution is 2.31. The maximum absolute atomic E-state index is 11.9. The fraction of sp³-hybridized carbons (Fsp3) is 0.421. The molecule has 7 nitrogen and oxygen atoms in total. The third kappa shape index (κ3) is 3.86. The zero-order valence-corrected chi connectivity index (χ0v) is 16.1. The summed E-state index contributed by atoms with van der Waals surface area (Å²) < 4.78 is 7.93. The van der Waals surface area contributed by atoms with Gasteiger partial charge in [-0.2, -0.15) is 0 Å². The number of carbonyl (C=O) groups is 1. The van der Waals surface area contributed by atoms with E-state index in [9.17, 15) is 4.79 Å². The summed E-state index contributed by atoms with van der Waals surface area (Å²) in [6, 6.07) is 8.15. The van der Waals surface area contributed by atoms with Crippen LogP contribution in [0.5, 0.6) is 0 Å². The molecule has 1 aromatic carbocycles. The highest BCUT2D eigenvalue weighted by Gasteiger charge is 2.23. The quantitative estimate of drug-likeness (QED) is 0.611. The third-order valence-electron chi connectivity index (χ3n) is 4.66. The average molecular weight is 385 g/mol. The molecule has 0 aliphatic carbocycles. The third-order valence-corrected chi connectivity index (χ3v) is 5.63. The predicted octanol–water partition coefficient (Wildman–Crippen LogP) is 2.83. The van der Waals surface area contributed by atoms with Crippen LogP contribution in [0.1, 0.15) is 19.8 Å². The maximum atomic E-state index is 11.9. The van der Waals surface area contributed by atoms with Gasteiger partial charge >= 0.3 is 0 Å². The van der Waals surface area contributed by atoms with E-state index >= 15 is 0 Å². The van der Waals surface area contributed by atoms with Crippen molar-refractivity contribution in [2.45, 2.75) is 37.6 Å². The van der Waals surface area contributed by atoms with Crippen LogP contribution in [0.25, 0.3) is 22.3 Å². The van der Waals surface area contributed by atoms with Gasteiger partial charge in [-0.05, 0) is 25.8 Å². The smallest absolute Gasteiger partial charge is 0.230 e. The molecule has 2 aromatic heterocycles. The van der Waals surface area contributed by atoms with Crippen molar-refractivity contribution in [3.63, 3.8) is 0 Å². The maximum Gasteiger partial charge on any atom is 0.230 e. The van der Waals surface area contributed by atoms with Crippen LogP contribution in [-0.4, -0.2) is 50.7 Å². The van der Waals surface area contributed by atoms with Gasteiger partial charge in [-0.15, -0.1) is 10.2 Å². The lowest BCUT2D eigenvalue weighted by molar-refractivity contribution is -0.118. The molecule has 2 N–H and O–H groups in total. The molecule has 1 atom stereocenters. The number of benzene rings is 1. The minimum absolute atomic E-state index is 0.00260. The Morgan fingerprint density at radius 1 is 1.41 bits per heavy atom. The first kappa shape index (κ1) is 18.1. The minimum atomic E-state index is 0.00260. The van der Waals surface area contributed by atoms with E-state index in [0.29, 0.717) is 18.8 Å². The van der Waals surface area contributed by atoms with Crippen LogP contribution in [-0.2, 0) is 16.1 Å². The van der Waals surface area contributed by atoms with E-state index in [1.165, 1.54) is 11.8 Å². The Bertz CT molecular complexity index is 929. The number of H-pyrrole nitrogens is 1. The van der Waals surface area contributed by atoms with Crippen molar-refractivity contribution in [1.29, 1.82) is 0 Å². The molecule has 3 heterocycles. The topological polar surface area (TPSA) is 84.8 Å². The van der Waals surface area contributed by atoms with Crippen molar-refractivity contribution >= 4 is 28.6 Å². The van der Waals surface area contributed by atoms with Gasteiger partial charge in [0.2, 0.25) is 5.91 Å². The van der Waals surface area contributed by atoms with Gasteiger partial charge < -0.3 is 15.0 Å². The van der Waals surface area contributed by atoms with E-state index < -0.39 is 0 Å². The number of carbonyl (C=O) groups excluding carboxylic acids is 1. The van der Waals surface area contributed by atoms with Crippen molar-refractivity contribution in [1.82, 2.24) is 25.1 Å². The Hall–Kier alpha value is -2.32. The fourth-order valence-corrected chi connectivity index (χ4v) is 4.16. The second-order valence-electron chi connectivity index (χ2n) is 6.54. The predicted molar refractivity (Wildman–Crippen MR) is 106 cm³/mol. The SMILES string of the molecule is CCNC(=O)CSc1nnc(-c2c[nH]c3ccccc23)n1CC1CCCO1. The number of hydrogen-bond acceptors (Lipinski definition) is 5. The Balaban J connectivity index is 1.66. The highest BCUT2D eigenvalue weighted by atomic mass is 32.2. The van der Waals surface area contributed by atoms with Gasteiger partial charge in [-0.1, -0.05) is 30.0 Å². The van der Waals surface area contributed by atoms with Crippen LogP contribution in [0.2, 0.25) is 0 Å². The number of fused-ring (bicyclic) bond motifs is 1. The number of hydrogen-bond donors (Lipinski definition) is 2. The van der Waals surface area contributed by atoms with Crippen LogP contribution >= 0.6 is 11.8 Å². The Labute approximate surface area is 161 Å². The first-order valence-electron chi connectivity index (χ1n) is 9.27. The van der Waals surface area contributed by atoms with E-state index in [1.54, 1.807) is 0 Å². The molecule has 1 amide bonds. The molecule has 0 saturated carbocycles. The first-order chi connectivity index (χ1) is 13.3. The largest absolute Gasteiger partial charge is 0.376 e. The normalized spacial score (nSPS) is 16.9. The molecule has 4 rings (SSSR count). The highest BCUT2D eigenvalue weighted by molar-refractivity contribution is 7.99. The summed E-state index contributed by atoms with van der Waals surface area (Å²) in [7, 11) is 0. The number of ether oxygens (including phenoxy) is 1. The number of nitrogens with one attached hydrogen (secondary N) is 2. The Morgan fingerprint density at radius 3 is 3.11 bits per heavy atom. The van der Waals surface area contributed by atoms with E-state index in [-0.39, 0.29) is 12.0 Å². The van der Waals surface area contributed by atoms with Crippen LogP contribution in [0.3, 0.4) is 0 Å². The molecule has 1 unspecified atom stereocenters. The molecular weight excluding hydrogens is 362 g/mol. The van der Waals surface area contributed by atoms with E-state index in [4.69, 9.17) is 4.74 Å². The van der Waals surface area contributed by atoms with Gasteiger partial charge in [0.15, 0.2) is 11.0 Å². The van der Waals surface area contributed by atoms with Gasteiger partial charge in [0.05, 0.1) is 18.4 Å². The van der Waals surface area contributed by atoms with Crippen molar-refractivity contribution in [3.8, 4) is 11.4 Å². The number of thioether (sulfide) groups is 1. The lowest BCUT2D eigenvalue weighted by Gasteiger charge is -2.14. The molecule has 0 spiro atoms. The van der Waals surface area contributed by atoms with Gasteiger partial charge in [0.1, 0.15) is 0 Å². The molecule has 1 aliphatic rings. The zero-order valence-electron chi connectivity index (χ0n) is 15.3. The molecule has 27 heavy (non-hydrogen) atoms. The molecule has 0 radical (unpaired) electrons. The molecule has 3 aromatic rings. The molecule has 142 valence electrons. The van der Waals surface area contributed by atoms with Crippen LogP contribution in [0, 0.1) is 0 Å². The van der Waals surface area contributed by atoms with Crippen LogP contribution < -0.4 is 5.32 Å². The summed E-state index contributed by atoms with van der Waals surface area (Å²) in [5.41, 5.74) is 2.08. The van der Waals surface area contributed by atoms with Crippen LogP contribution in [0.15, 0.2) is 35.6 Å². The summed E-state index contributed by atoms with van der Waals surface area (Å²) in [5.74, 6) is 1.13. The Kier molecular flexibility index (Phi) is 5.45. The zero-order chi connectivity index (χ0) is 18.6. The lowest BCUT2D eigenvalue weighted by Crippen LogP contribution is -2.24. The molecule has 8 heteroatoms. The molecule has 1 aliphatic heterocycles. The van der Waals surface area contributed by atoms with Crippen molar-refractivity contribution in [2.75, 3.05) is 18.9 Å². The number of aromatic amines is 1. The van der Waals surface area contributed by atoms with Crippen molar-refractivity contribution in [2.24, 2.45) is 0 Å². The second kappa shape index (κ2) is 8.14. The average Bonchev–Trinajstić information content (AvgIpc) is 3.40. The first-order valence-corrected chi connectivity index (χ1v) is 10.3. The van der Waals surface area contributed by atoms with Crippen molar-refractivity contribution < 1.29 is 9.53 Å². The number of para-hydroxylation sites is 1. The van der Waals surface area contributed by atoms with E-state index in [1.807, 2.05) is 31.3 Å².